The van der Waals surface area contributed by atoms with Crippen LogP contribution in [-0.4, -0.2) is 27.9 Å². The molecule has 2 unspecified atom stereocenters. The van der Waals surface area contributed by atoms with E-state index < -0.39 is 0 Å². The zero-order valence-corrected chi connectivity index (χ0v) is 9.48. The molecule has 0 spiro atoms. The third-order valence-electron chi connectivity index (χ3n) is 2.52. The lowest BCUT2D eigenvalue weighted by Crippen LogP contribution is -2.44. The van der Waals surface area contributed by atoms with Crippen LogP contribution in [0, 0.1) is 0 Å². The molecule has 0 aliphatic carbocycles. The summed E-state index contributed by atoms with van der Waals surface area (Å²) in [6.07, 6.45) is 1.29. The molecule has 0 saturated carbocycles. The van der Waals surface area contributed by atoms with E-state index in [0.717, 1.165) is 0 Å². The van der Waals surface area contributed by atoms with E-state index in [1.165, 1.54) is 13.0 Å². The first kappa shape index (κ1) is 9.53. The highest BCUT2D eigenvalue weighted by Gasteiger charge is 2.35. The second-order valence-corrected chi connectivity index (χ2v) is 5.59. The van der Waals surface area contributed by atoms with E-state index in [9.17, 15) is 0 Å². The Kier molecular flexibility index (Phi) is 2.65. The fourth-order valence-corrected chi connectivity index (χ4v) is 2.34. The van der Waals surface area contributed by atoms with E-state index in [1.807, 2.05) is 0 Å². The van der Waals surface area contributed by atoms with Crippen LogP contribution in [0.25, 0.3) is 0 Å². The SMILES string of the molecule is CC1C(Br)CCN1C(C)(C)C. The molecule has 0 amide bonds. The van der Waals surface area contributed by atoms with Gasteiger partial charge in [-0.15, -0.1) is 0 Å². The second kappa shape index (κ2) is 3.06. The van der Waals surface area contributed by atoms with Gasteiger partial charge in [-0.25, -0.2) is 0 Å². The monoisotopic (exact) mass is 219 g/mol. The predicted octanol–water partition coefficient (Wildman–Crippen LogP) is 2.64. The summed E-state index contributed by atoms with van der Waals surface area (Å²) in [4.78, 5) is 3.26. The molecule has 0 radical (unpaired) electrons. The van der Waals surface area contributed by atoms with Gasteiger partial charge in [-0.3, -0.25) is 4.90 Å². The molecule has 1 rings (SSSR count). The molecule has 0 N–H and O–H groups in total. The summed E-state index contributed by atoms with van der Waals surface area (Å²) >= 11 is 3.69. The molecule has 66 valence electrons. The first-order chi connectivity index (χ1) is 4.93. The van der Waals surface area contributed by atoms with E-state index in [1.54, 1.807) is 0 Å². The summed E-state index contributed by atoms with van der Waals surface area (Å²) in [5.41, 5.74) is 0.335. The third kappa shape index (κ3) is 1.97. The molecular formula is C9H18BrN. The summed E-state index contributed by atoms with van der Waals surface area (Å²) in [6, 6.07) is 0.690. The molecule has 1 saturated heterocycles. The van der Waals surface area contributed by atoms with Crippen LogP contribution in [0.3, 0.4) is 0 Å². The average Bonchev–Trinajstić information content (AvgIpc) is 2.11. The Labute approximate surface area is 78.3 Å². The Hall–Kier alpha value is 0.440. The number of hydrogen-bond donors (Lipinski definition) is 0. The summed E-state index contributed by atoms with van der Waals surface area (Å²) in [5.74, 6) is 0. The first-order valence-corrected chi connectivity index (χ1v) is 5.25. The lowest BCUT2D eigenvalue weighted by atomic mass is 10.1. The van der Waals surface area contributed by atoms with E-state index in [0.29, 0.717) is 16.4 Å². The van der Waals surface area contributed by atoms with Crippen molar-refractivity contribution in [3.8, 4) is 0 Å². The molecule has 1 nitrogen and oxygen atoms in total. The third-order valence-corrected chi connectivity index (χ3v) is 3.75. The highest BCUT2D eigenvalue weighted by Crippen LogP contribution is 2.30. The standard InChI is InChI=1S/C9H18BrN/c1-7-8(10)5-6-11(7)9(2,3)4/h7-8H,5-6H2,1-4H3. The Morgan fingerprint density at radius 3 is 2.09 bits per heavy atom. The lowest BCUT2D eigenvalue weighted by molar-refractivity contribution is 0.132. The van der Waals surface area contributed by atoms with Crippen molar-refractivity contribution < 1.29 is 0 Å². The summed E-state index contributed by atoms with van der Waals surface area (Å²) in [7, 11) is 0. The Balaban J connectivity index is 2.62. The molecule has 1 fully saturated rings. The van der Waals surface area contributed by atoms with Crippen molar-refractivity contribution in [3.05, 3.63) is 0 Å². The maximum atomic E-state index is 3.69. The van der Waals surface area contributed by atoms with Crippen LogP contribution >= 0.6 is 15.9 Å². The van der Waals surface area contributed by atoms with Crippen molar-refractivity contribution in [1.29, 1.82) is 0 Å². The molecular weight excluding hydrogens is 202 g/mol. The predicted molar refractivity (Wildman–Crippen MR) is 53.3 cm³/mol. The minimum Gasteiger partial charge on any atom is -0.295 e. The van der Waals surface area contributed by atoms with Gasteiger partial charge in [0.25, 0.3) is 0 Å². The van der Waals surface area contributed by atoms with E-state index >= 15 is 0 Å². The van der Waals surface area contributed by atoms with E-state index in [4.69, 9.17) is 0 Å². The summed E-state index contributed by atoms with van der Waals surface area (Å²) in [5, 5.41) is 0. The maximum absolute atomic E-state index is 3.69. The molecule has 2 heteroatoms. The minimum absolute atomic E-state index is 0.335. The van der Waals surface area contributed by atoms with Crippen LogP contribution in [0.15, 0.2) is 0 Å². The number of alkyl halides is 1. The van der Waals surface area contributed by atoms with Gasteiger partial charge in [-0.2, -0.15) is 0 Å². The van der Waals surface area contributed by atoms with Crippen LogP contribution in [0.4, 0.5) is 0 Å². The summed E-state index contributed by atoms with van der Waals surface area (Å²) in [6.45, 7) is 10.4. The molecule has 1 aliphatic rings. The lowest BCUT2D eigenvalue weighted by Gasteiger charge is -2.36. The molecule has 1 aliphatic heterocycles. The maximum Gasteiger partial charge on any atom is 0.0311 e. The second-order valence-electron chi connectivity index (χ2n) is 4.41. The van der Waals surface area contributed by atoms with Crippen LogP contribution in [0.2, 0.25) is 0 Å². The van der Waals surface area contributed by atoms with Crippen molar-refractivity contribution in [3.63, 3.8) is 0 Å². The highest BCUT2D eigenvalue weighted by atomic mass is 79.9. The van der Waals surface area contributed by atoms with Crippen molar-refractivity contribution >= 4 is 15.9 Å². The van der Waals surface area contributed by atoms with Crippen molar-refractivity contribution in [1.82, 2.24) is 4.90 Å². The number of rotatable bonds is 0. The van der Waals surface area contributed by atoms with Gasteiger partial charge in [0.2, 0.25) is 0 Å². The van der Waals surface area contributed by atoms with E-state index in [-0.39, 0.29) is 0 Å². The number of hydrogen-bond acceptors (Lipinski definition) is 1. The number of likely N-dealkylation sites (tertiary alicyclic amines) is 1. The molecule has 2 atom stereocenters. The Morgan fingerprint density at radius 1 is 1.36 bits per heavy atom. The molecule has 11 heavy (non-hydrogen) atoms. The van der Waals surface area contributed by atoms with Crippen molar-refractivity contribution in [2.24, 2.45) is 0 Å². The van der Waals surface area contributed by atoms with Crippen LogP contribution in [0.1, 0.15) is 34.1 Å². The zero-order chi connectivity index (χ0) is 8.65. The average molecular weight is 220 g/mol. The van der Waals surface area contributed by atoms with Gasteiger partial charge >= 0.3 is 0 Å². The number of nitrogens with zero attached hydrogens (tertiary/aromatic N) is 1. The van der Waals surface area contributed by atoms with Gasteiger partial charge in [0, 0.05) is 23.0 Å². The van der Waals surface area contributed by atoms with Gasteiger partial charge in [-0.1, -0.05) is 15.9 Å². The van der Waals surface area contributed by atoms with Gasteiger partial charge in [-0.05, 0) is 34.1 Å². The van der Waals surface area contributed by atoms with Crippen LogP contribution < -0.4 is 0 Å². The Morgan fingerprint density at radius 2 is 1.91 bits per heavy atom. The molecule has 0 aromatic rings. The van der Waals surface area contributed by atoms with Crippen LogP contribution in [-0.2, 0) is 0 Å². The topological polar surface area (TPSA) is 3.24 Å². The fourth-order valence-electron chi connectivity index (χ4n) is 1.85. The Bertz CT molecular complexity index is 139. The van der Waals surface area contributed by atoms with Crippen molar-refractivity contribution in [2.45, 2.75) is 50.5 Å². The largest absolute Gasteiger partial charge is 0.295 e. The van der Waals surface area contributed by atoms with Gasteiger partial charge in [0.1, 0.15) is 0 Å². The normalized spacial score (nSPS) is 34.6. The van der Waals surface area contributed by atoms with Crippen LogP contribution in [0.5, 0.6) is 0 Å². The summed E-state index contributed by atoms with van der Waals surface area (Å²) < 4.78 is 0. The van der Waals surface area contributed by atoms with Gasteiger partial charge in [0.15, 0.2) is 0 Å². The molecule has 0 bridgehead atoms. The minimum atomic E-state index is 0.335. The zero-order valence-electron chi connectivity index (χ0n) is 7.89. The first-order valence-electron chi connectivity index (χ1n) is 4.34. The van der Waals surface area contributed by atoms with Gasteiger partial charge < -0.3 is 0 Å². The molecule has 0 aromatic carbocycles. The van der Waals surface area contributed by atoms with Gasteiger partial charge in [0.05, 0.1) is 0 Å². The van der Waals surface area contributed by atoms with E-state index in [2.05, 4.69) is 48.5 Å². The highest BCUT2D eigenvalue weighted by molar-refractivity contribution is 9.09. The quantitative estimate of drug-likeness (QED) is 0.567. The number of halogens is 1. The fraction of sp³-hybridized carbons (Fsp3) is 1.00. The van der Waals surface area contributed by atoms with Crippen molar-refractivity contribution in [2.75, 3.05) is 6.54 Å². The molecule has 0 aromatic heterocycles. The molecule has 1 heterocycles. The smallest absolute Gasteiger partial charge is 0.0311 e.